The maximum absolute atomic E-state index is 11.4. The molecule has 4 unspecified atom stereocenters. The molecule has 1 aliphatic heterocycles. The van der Waals surface area contributed by atoms with Crippen LogP contribution in [0.15, 0.2) is 48.5 Å². The molecular weight excluding hydrogens is 448 g/mol. The highest BCUT2D eigenvalue weighted by molar-refractivity contribution is 5.75. The molecule has 0 radical (unpaired) electrons. The molecule has 204 valence electrons. The van der Waals surface area contributed by atoms with Crippen LogP contribution in [0.3, 0.4) is 0 Å². The standard InChI is InChI=1S/C11H14.C10H14O.C9H16O3.2CH4/c1-8-7-10-5-3-4-6-11(10)9(8)2;1-3-8(2)9-4-6-10(11)7-5-9;1-4-9(2,3)8(10)12-6-7-5-11-7;;/h3-6,8-9H,7H2,1-2H3;4-8,11H,3H2,1-2H3;7H,4-6H2,1-3H3;2*1H4. The van der Waals surface area contributed by atoms with Gasteiger partial charge in [-0.2, -0.15) is 0 Å². The highest BCUT2D eigenvalue weighted by Gasteiger charge is 2.30. The van der Waals surface area contributed by atoms with Crippen LogP contribution in [-0.4, -0.2) is 30.4 Å². The van der Waals surface area contributed by atoms with Crippen molar-refractivity contribution in [2.24, 2.45) is 11.3 Å². The molecule has 4 rings (SSSR count). The highest BCUT2D eigenvalue weighted by atomic mass is 16.6. The van der Waals surface area contributed by atoms with Gasteiger partial charge in [0.1, 0.15) is 18.5 Å². The van der Waals surface area contributed by atoms with Gasteiger partial charge in [0.25, 0.3) is 0 Å². The number of benzene rings is 2. The largest absolute Gasteiger partial charge is 0.508 e. The number of phenolic OH excluding ortho intramolecular Hbond substituents is 1. The van der Waals surface area contributed by atoms with Gasteiger partial charge in [-0.1, -0.05) is 85.9 Å². The lowest BCUT2D eigenvalue weighted by molar-refractivity contribution is -0.154. The van der Waals surface area contributed by atoms with Gasteiger partial charge in [-0.05, 0) is 79.7 Å². The zero-order valence-electron chi connectivity index (χ0n) is 22.1. The van der Waals surface area contributed by atoms with Crippen molar-refractivity contribution in [1.82, 2.24) is 0 Å². The van der Waals surface area contributed by atoms with Gasteiger partial charge in [0.2, 0.25) is 0 Å². The SMILES string of the molecule is C.C.CC1Cc2ccccc2C1C.CCC(C)(C)C(=O)OCC1CO1.CCC(C)c1ccc(O)cc1. The quantitative estimate of drug-likeness (QED) is 0.319. The summed E-state index contributed by atoms with van der Waals surface area (Å²) in [6, 6.07) is 16.2. The molecule has 36 heavy (non-hydrogen) atoms. The van der Waals surface area contributed by atoms with E-state index in [-0.39, 0.29) is 32.3 Å². The maximum Gasteiger partial charge on any atom is 0.311 e. The zero-order valence-corrected chi connectivity index (χ0v) is 22.1. The normalized spacial score (nSPS) is 20.0. The van der Waals surface area contributed by atoms with E-state index in [9.17, 15) is 4.79 Å². The Morgan fingerprint density at radius 1 is 1.08 bits per heavy atom. The van der Waals surface area contributed by atoms with Gasteiger partial charge in [-0.25, -0.2) is 0 Å². The molecule has 0 saturated carbocycles. The minimum atomic E-state index is -0.352. The van der Waals surface area contributed by atoms with Crippen LogP contribution < -0.4 is 0 Å². The highest BCUT2D eigenvalue weighted by Crippen LogP contribution is 2.36. The third-order valence-electron chi connectivity index (χ3n) is 7.25. The Bertz CT molecular complexity index is 883. The van der Waals surface area contributed by atoms with Crippen molar-refractivity contribution in [1.29, 1.82) is 0 Å². The minimum Gasteiger partial charge on any atom is -0.508 e. The number of hydrogen-bond acceptors (Lipinski definition) is 4. The van der Waals surface area contributed by atoms with E-state index < -0.39 is 0 Å². The number of fused-ring (bicyclic) bond motifs is 1. The Kier molecular flexibility index (Phi) is 14.7. The number of rotatable bonds is 6. The van der Waals surface area contributed by atoms with Crippen LogP contribution in [-0.2, 0) is 20.7 Å². The zero-order chi connectivity index (χ0) is 25.3. The van der Waals surface area contributed by atoms with E-state index >= 15 is 0 Å². The monoisotopic (exact) mass is 500 g/mol. The van der Waals surface area contributed by atoms with Gasteiger partial charge >= 0.3 is 5.97 Å². The molecule has 0 bridgehead atoms. The van der Waals surface area contributed by atoms with Crippen molar-refractivity contribution < 1.29 is 19.4 Å². The van der Waals surface area contributed by atoms with Crippen LogP contribution >= 0.6 is 0 Å². The number of epoxide rings is 1. The third kappa shape index (κ3) is 10.3. The molecule has 1 heterocycles. The summed E-state index contributed by atoms with van der Waals surface area (Å²) < 4.78 is 9.99. The Morgan fingerprint density at radius 2 is 1.67 bits per heavy atom. The lowest BCUT2D eigenvalue weighted by atomic mass is 9.91. The molecule has 1 aliphatic carbocycles. The Labute approximate surface area is 221 Å². The molecule has 2 aliphatic rings. The molecular formula is C32H52O4. The fourth-order valence-corrected chi connectivity index (χ4v) is 3.71. The van der Waals surface area contributed by atoms with Crippen molar-refractivity contribution in [3.05, 3.63) is 65.2 Å². The van der Waals surface area contributed by atoms with Crippen LogP contribution in [0.5, 0.6) is 5.75 Å². The topological polar surface area (TPSA) is 59.1 Å². The van der Waals surface area contributed by atoms with Gasteiger partial charge in [-0.15, -0.1) is 0 Å². The summed E-state index contributed by atoms with van der Waals surface area (Å²) in [7, 11) is 0. The van der Waals surface area contributed by atoms with Gasteiger partial charge in [0.15, 0.2) is 0 Å². The summed E-state index contributed by atoms with van der Waals surface area (Å²) in [4.78, 5) is 11.4. The van der Waals surface area contributed by atoms with Crippen LogP contribution in [0.4, 0.5) is 0 Å². The third-order valence-corrected chi connectivity index (χ3v) is 7.25. The van der Waals surface area contributed by atoms with Gasteiger partial charge in [-0.3, -0.25) is 4.79 Å². The average molecular weight is 501 g/mol. The number of esters is 1. The molecule has 2 aromatic carbocycles. The van der Waals surface area contributed by atoms with E-state index in [1.165, 1.54) is 12.0 Å². The number of ether oxygens (including phenoxy) is 2. The fraction of sp³-hybridized carbons (Fsp3) is 0.594. The van der Waals surface area contributed by atoms with Crippen molar-refractivity contribution in [3.8, 4) is 5.75 Å². The maximum atomic E-state index is 11.4. The van der Waals surface area contributed by atoms with Gasteiger partial charge in [0, 0.05) is 0 Å². The smallest absolute Gasteiger partial charge is 0.311 e. The van der Waals surface area contributed by atoms with Gasteiger partial charge < -0.3 is 14.6 Å². The second kappa shape index (κ2) is 15.7. The Morgan fingerprint density at radius 3 is 2.17 bits per heavy atom. The van der Waals surface area contributed by atoms with Crippen molar-refractivity contribution in [3.63, 3.8) is 0 Å². The van der Waals surface area contributed by atoms with Crippen molar-refractivity contribution in [2.75, 3.05) is 13.2 Å². The lowest BCUT2D eigenvalue weighted by Gasteiger charge is -2.19. The molecule has 1 saturated heterocycles. The molecule has 1 fully saturated rings. The van der Waals surface area contributed by atoms with Gasteiger partial charge in [0.05, 0.1) is 12.0 Å². The predicted octanol–water partition coefficient (Wildman–Crippen LogP) is 8.52. The van der Waals surface area contributed by atoms with E-state index in [1.807, 2.05) is 32.9 Å². The number of hydrogen-bond donors (Lipinski definition) is 1. The van der Waals surface area contributed by atoms with Crippen LogP contribution in [0, 0.1) is 11.3 Å². The van der Waals surface area contributed by atoms with E-state index in [2.05, 4.69) is 52.0 Å². The first-order chi connectivity index (χ1) is 16.1. The van der Waals surface area contributed by atoms with E-state index in [0.29, 0.717) is 18.3 Å². The molecule has 2 aromatic rings. The second-order valence-corrected chi connectivity index (χ2v) is 10.4. The first kappa shape index (κ1) is 33.7. The number of carbonyl (C=O) groups excluding carboxylic acids is 1. The summed E-state index contributed by atoms with van der Waals surface area (Å²) in [5.41, 5.74) is 4.08. The summed E-state index contributed by atoms with van der Waals surface area (Å²) in [6.07, 6.45) is 3.39. The number of phenols is 1. The van der Waals surface area contributed by atoms with Crippen LogP contribution in [0.2, 0.25) is 0 Å². The Hall–Kier alpha value is -2.33. The minimum absolute atomic E-state index is 0. The van der Waals surface area contributed by atoms with Crippen molar-refractivity contribution >= 4 is 5.97 Å². The van der Waals surface area contributed by atoms with Crippen LogP contribution in [0.25, 0.3) is 0 Å². The summed E-state index contributed by atoms with van der Waals surface area (Å²) >= 11 is 0. The fourth-order valence-electron chi connectivity index (χ4n) is 3.71. The molecule has 0 aromatic heterocycles. The predicted molar refractivity (Wildman–Crippen MR) is 153 cm³/mol. The molecule has 4 nitrogen and oxygen atoms in total. The average Bonchev–Trinajstić information content (AvgIpc) is 3.63. The molecule has 0 spiro atoms. The lowest BCUT2D eigenvalue weighted by Crippen LogP contribution is -2.27. The number of aromatic hydroxyl groups is 1. The Balaban J connectivity index is 0.000000497. The summed E-state index contributed by atoms with van der Waals surface area (Å²) in [6.45, 7) is 15.9. The molecule has 4 heteroatoms. The van der Waals surface area contributed by atoms with Crippen molar-refractivity contribution in [2.45, 2.75) is 101 Å². The van der Waals surface area contributed by atoms with E-state index in [0.717, 1.165) is 31.3 Å². The second-order valence-electron chi connectivity index (χ2n) is 10.4. The number of carbonyl (C=O) groups is 1. The summed E-state index contributed by atoms with van der Waals surface area (Å²) in [5, 5.41) is 9.01. The summed E-state index contributed by atoms with van der Waals surface area (Å²) in [5.74, 6) is 2.42. The molecule has 4 atom stereocenters. The molecule has 0 amide bonds. The van der Waals surface area contributed by atoms with E-state index in [1.54, 1.807) is 23.3 Å². The van der Waals surface area contributed by atoms with Crippen LogP contribution in [0.1, 0.15) is 105 Å². The molecule has 1 N–H and O–H groups in total. The first-order valence-electron chi connectivity index (χ1n) is 12.7. The first-order valence-corrected chi connectivity index (χ1v) is 12.7. The van der Waals surface area contributed by atoms with E-state index in [4.69, 9.17) is 14.6 Å².